The minimum absolute atomic E-state index is 0.128. The summed E-state index contributed by atoms with van der Waals surface area (Å²) in [5.74, 6) is 0.620. The van der Waals surface area contributed by atoms with Crippen molar-refractivity contribution >= 4 is 5.91 Å². The molecular weight excluding hydrogens is 188 g/mol. The second kappa shape index (κ2) is 3.87. The number of amides is 1. The molecule has 0 aromatic heterocycles. The van der Waals surface area contributed by atoms with Crippen molar-refractivity contribution in [3.8, 4) is 0 Å². The van der Waals surface area contributed by atoms with Gasteiger partial charge in [0.05, 0.1) is 6.04 Å². The fraction of sp³-hybridized carbons (Fsp3) is 0.750. The zero-order valence-electron chi connectivity index (χ0n) is 9.84. The van der Waals surface area contributed by atoms with Crippen molar-refractivity contribution in [2.75, 3.05) is 0 Å². The van der Waals surface area contributed by atoms with Crippen LogP contribution < -0.4 is 5.43 Å². The first kappa shape index (κ1) is 10.5. The summed E-state index contributed by atoms with van der Waals surface area (Å²) in [7, 11) is 0. The Labute approximate surface area is 91.5 Å². The average Bonchev–Trinajstić information content (AvgIpc) is 2.56. The highest BCUT2D eigenvalue weighted by Gasteiger charge is 2.36. The lowest BCUT2D eigenvalue weighted by atomic mass is 9.87. The molecule has 84 valence electrons. The summed E-state index contributed by atoms with van der Waals surface area (Å²) in [5.41, 5.74) is 6.08. The van der Waals surface area contributed by atoms with Gasteiger partial charge in [0.25, 0.3) is 0 Å². The van der Waals surface area contributed by atoms with E-state index in [1.807, 2.05) is 5.01 Å². The number of nitrogens with zero attached hydrogens (tertiary/aromatic N) is 1. The first-order chi connectivity index (χ1) is 7.11. The number of hydrogen-bond acceptors (Lipinski definition) is 2. The Bertz CT molecular complexity index is 307. The Morgan fingerprint density at radius 1 is 1.40 bits per heavy atom. The first-order valence-electron chi connectivity index (χ1n) is 5.89. The minimum Gasteiger partial charge on any atom is -0.300 e. The van der Waals surface area contributed by atoms with E-state index in [0.29, 0.717) is 5.92 Å². The summed E-state index contributed by atoms with van der Waals surface area (Å²) in [4.78, 5) is 11.5. The molecule has 0 spiro atoms. The number of carbonyl (C=O) groups excluding carboxylic acids is 1. The molecule has 0 aromatic carbocycles. The van der Waals surface area contributed by atoms with Gasteiger partial charge in [-0.3, -0.25) is 10.2 Å². The smallest absolute Gasteiger partial charge is 0.238 e. The van der Waals surface area contributed by atoms with E-state index >= 15 is 0 Å². The maximum Gasteiger partial charge on any atom is 0.238 e. The Morgan fingerprint density at radius 2 is 2.07 bits per heavy atom. The molecule has 0 bridgehead atoms. The van der Waals surface area contributed by atoms with Crippen molar-refractivity contribution in [2.45, 2.75) is 52.5 Å². The number of rotatable bonds is 1. The molecule has 3 heteroatoms. The molecule has 0 saturated carbocycles. The molecule has 1 heterocycles. The van der Waals surface area contributed by atoms with Crippen LogP contribution in [0.1, 0.15) is 46.5 Å². The van der Waals surface area contributed by atoms with E-state index in [-0.39, 0.29) is 11.9 Å². The Balaban J connectivity index is 2.26. The van der Waals surface area contributed by atoms with Gasteiger partial charge in [-0.1, -0.05) is 13.8 Å². The van der Waals surface area contributed by atoms with Crippen molar-refractivity contribution in [1.82, 2.24) is 10.4 Å². The fourth-order valence-corrected chi connectivity index (χ4v) is 2.73. The normalized spacial score (nSPS) is 25.6. The van der Waals surface area contributed by atoms with Crippen LogP contribution in [0.2, 0.25) is 0 Å². The van der Waals surface area contributed by atoms with E-state index < -0.39 is 0 Å². The zero-order chi connectivity index (χ0) is 11.0. The maximum absolute atomic E-state index is 11.5. The molecule has 15 heavy (non-hydrogen) atoms. The Morgan fingerprint density at radius 3 is 2.67 bits per heavy atom. The molecule has 2 rings (SSSR count). The van der Waals surface area contributed by atoms with Gasteiger partial charge in [-0.05, 0) is 37.2 Å². The number of carbonyl (C=O) groups is 1. The molecule has 0 radical (unpaired) electrons. The summed E-state index contributed by atoms with van der Waals surface area (Å²) in [6.07, 6.45) is 4.80. The van der Waals surface area contributed by atoms with E-state index in [9.17, 15) is 4.79 Å². The number of allylic oxidation sites excluding steroid dienone is 1. The molecule has 1 amide bonds. The molecule has 3 nitrogen and oxygen atoms in total. The highest BCUT2D eigenvalue weighted by Crippen LogP contribution is 2.35. The molecule has 1 atom stereocenters. The standard InChI is InChI=1S/C12H20N2O/c1-8(2)12-10-6-4-5-7-11(10)13-14(12)9(3)15/h8,12-13H,4-7H2,1-3H3. The topological polar surface area (TPSA) is 32.3 Å². The van der Waals surface area contributed by atoms with Gasteiger partial charge in [0.2, 0.25) is 5.91 Å². The van der Waals surface area contributed by atoms with Crippen LogP contribution in [0.15, 0.2) is 11.3 Å². The predicted octanol–water partition coefficient (Wildman–Crippen LogP) is 2.21. The minimum atomic E-state index is 0.128. The van der Waals surface area contributed by atoms with E-state index in [4.69, 9.17) is 0 Å². The van der Waals surface area contributed by atoms with Crippen LogP contribution in [0.3, 0.4) is 0 Å². The summed E-state index contributed by atoms with van der Waals surface area (Å²) >= 11 is 0. The highest BCUT2D eigenvalue weighted by molar-refractivity contribution is 5.74. The Hall–Kier alpha value is -0.990. The Kier molecular flexibility index (Phi) is 2.72. The van der Waals surface area contributed by atoms with E-state index in [2.05, 4.69) is 19.3 Å². The highest BCUT2D eigenvalue weighted by atomic mass is 16.2. The molecular formula is C12H20N2O. The molecule has 1 aliphatic heterocycles. The van der Waals surface area contributed by atoms with Crippen LogP contribution in [0.4, 0.5) is 0 Å². The molecule has 0 fully saturated rings. The molecule has 1 N–H and O–H groups in total. The van der Waals surface area contributed by atoms with Crippen molar-refractivity contribution in [3.63, 3.8) is 0 Å². The van der Waals surface area contributed by atoms with Crippen LogP contribution in [-0.2, 0) is 4.79 Å². The summed E-state index contributed by atoms with van der Waals surface area (Å²) in [5, 5.41) is 1.82. The van der Waals surface area contributed by atoms with E-state index in [0.717, 1.165) is 12.8 Å². The third kappa shape index (κ3) is 1.75. The van der Waals surface area contributed by atoms with Gasteiger partial charge in [-0.2, -0.15) is 0 Å². The lowest BCUT2D eigenvalue weighted by Gasteiger charge is -2.28. The summed E-state index contributed by atoms with van der Waals surface area (Å²) < 4.78 is 0. The van der Waals surface area contributed by atoms with Gasteiger partial charge in [0.15, 0.2) is 0 Å². The zero-order valence-corrected chi connectivity index (χ0v) is 9.84. The third-order valence-corrected chi connectivity index (χ3v) is 3.37. The predicted molar refractivity (Wildman–Crippen MR) is 59.8 cm³/mol. The molecule has 2 aliphatic rings. The van der Waals surface area contributed by atoms with Crippen LogP contribution in [-0.4, -0.2) is 17.0 Å². The quantitative estimate of drug-likeness (QED) is 0.716. The molecule has 1 unspecified atom stereocenters. The summed E-state index contributed by atoms with van der Waals surface area (Å²) in [6.45, 7) is 6.01. The maximum atomic E-state index is 11.5. The van der Waals surface area contributed by atoms with Crippen LogP contribution in [0, 0.1) is 5.92 Å². The van der Waals surface area contributed by atoms with Gasteiger partial charge in [-0.25, -0.2) is 5.01 Å². The van der Waals surface area contributed by atoms with Crippen LogP contribution >= 0.6 is 0 Å². The van der Waals surface area contributed by atoms with Gasteiger partial charge in [0, 0.05) is 12.6 Å². The molecule has 0 saturated heterocycles. The van der Waals surface area contributed by atoms with Gasteiger partial charge >= 0.3 is 0 Å². The molecule has 0 aromatic rings. The van der Waals surface area contributed by atoms with Crippen LogP contribution in [0.5, 0.6) is 0 Å². The second-order valence-electron chi connectivity index (χ2n) is 4.90. The third-order valence-electron chi connectivity index (χ3n) is 3.37. The van der Waals surface area contributed by atoms with Gasteiger partial charge in [-0.15, -0.1) is 0 Å². The van der Waals surface area contributed by atoms with Gasteiger partial charge in [0.1, 0.15) is 0 Å². The fourth-order valence-electron chi connectivity index (χ4n) is 2.73. The first-order valence-corrected chi connectivity index (χ1v) is 5.89. The largest absolute Gasteiger partial charge is 0.300 e. The average molecular weight is 208 g/mol. The lowest BCUT2D eigenvalue weighted by Crippen LogP contribution is -2.45. The number of hydrazine groups is 1. The lowest BCUT2D eigenvalue weighted by molar-refractivity contribution is -0.133. The van der Waals surface area contributed by atoms with Crippen LogP contribution in [0.25, 0.3) is 0 Å². The van der Waals surface area contributed by atoms with Crippen molar-refractivity contribution in [3.05, 3.63) is 11.3 Å². The second-order valence-corrected chi connectivity index (χ2v) is 4.90. The number of nitrogens with one attached hydrogen (secondary N) is 1. The van der Waals surface area contributed by atoms with E-state index in [1.165, 1.54) is 24.1 Å². The van der Waals surface area contributed by atoms with Gasteiger partial charge < -0.3 is 0 Å². The molecule has 1 aliphatic carbocycles. The monoisotopic (exact) mass is 208 g/mol. The summed E-state index contributed by atoms with van der Waals surface area (Å²) in [6, 6.07) is 0.290. The number of hydrogen-bond donors (Lipinski definition) is 1. The van der Waals surface area contributed by atoms with Crippen molar-refractivity contribution in [1.29, 1.82) is 0 Å². The van der Waals surface area contributed by atoms with Crippen molar-refractivity contribution < 1.29 is 4.79 Å². The SMILES string of the molecule is CC(=O)N1NC2=C(CCCC2)C1C(C)C. The van der Waals surface area contributed by atoms with Crippen molar-refractivity contribution in [2.24, 2.45) is 5.92 Å². The van der Waals surface area contributed by atoms with E-state index in [1.54, 1.807) is 6.92 Å².